The molecule has 3 rings (SSSR count). The summed E-state index contributed by atoms with van der Waals surface area (Å²) < 4.78 is 0. The Balaban J connectivity index is 0.00000432. The van der Waals surface area contributed by atoms with Gasteiger partial charge in [-0.15, -0.1) is 0 Å². The standard InChI is InChI=1S/C27H34N4O3.CH4/c28-18-25(27(33)31-34)30-26(32)23-16-14-21(15-17-23)9-8-20-10-12-22(13-11-20)19-29-24-6-4-2-1-3-5-7-24;/h10-17,24-25,29,34H,1-7,18-19,28H2,(H,30,32)(H,31,33);1H4/t25-;/m0./s1. The van der Waals surface area contributed by atoms with Crippen LogP contribution in [0.4, 0.5) is 0 Å². The van der Waals surface area contributed by atoms with Crippen LogP contribution in [0.15, 0.2) is 48.5 Å². The van der Waals surface area contributed by atoms with E-state index < -0.39 is 17.9 Å². The summed E-state index contributed by atoms with van der Waals surface area (Å²) in [6.07, 6.45) is 9.31. The minimum Gasteiger partial charge on any atom is -0.339 e. The molecule has 7 heteroatoms. The van der Waals surface area contributed by atoms with Crippen molar-refractivity contribution < 1.29 is 14.8 Å². The van der Waals surface area contributed by atoms with Gasteiger partial charge in [-0.05, 0) is 54.8 Å². The van der Waals surface area contributed by atoms with Crippen LogP contribution in [0.25, 0.3) is 0 Å². The highest BCUT2D eigenvalue weighted by molar-refractivity contribution is 5.97. The van der Waals surface area contributed by atoms with Crippen LogP contribution < -0.4 is 21.8 Å². The van der Waals surface area contributed by atoms with Gasteiger partial charge in [0.25, 0.3) is 11.8 Å². The zero-order valence-corrected chi connectivity index (χ0v) is 19.5. The summed E-state index contributed by atoms with van der Waals surface area (Å²) in [6.45, 7) is 0.754. The largest absolute Gasteiger partial charge is 0.339 e. The molecule has 2 aromatic carbocycles. The highest BCUT2D eigenvalue weighted by atomic mass is 16.5. The molecule has 1 fully saturated rings. The van der Waals surface area contributed by atoms with E-state index in [9.17, 15) is 9.59 Å². The molecule has 0 aromatic heterocycles. The van der Waals surface area contributed by atoms with Crippen LogP contribution in [0.5, 0.6) is 0 Å². The zero-order chi connectivity index (χ0) is 24.2. The molecule has 0 spiro atoms. The Labute approximate surface area is 208 Å². The molecule has 0 saturated heterocycles. The average Bonchev–Trinajstić information content (AvgIpc) is 2.85. The topological polar surface area (TPSA) is 116 Å². The summed E-state index contributed by atoms with van der Waals surface area (Å²) in [6, 6.07) is 14.7. The maximum absolute atomic E-state index is 12.3. The van der Waals surface area contributed by atoms with Crippen LogP contribution in [-0.4, -0.2) is 35.7 Å². The number of hydrogen-bond donors (Lipinski definition) is 5. The summed E-state index contributed by atoms with van der Waals surface area (Å²) in [5.41, 5.74) is 10.3. The molecule has 1 atom stereocenters. The van der Waals surface area contributed by atoms with Crippen LogP contribution in [-0.2, 0) is 11.3 Å². The van der Waals surface area contributed by atoms with Crippen molar-refractivity contribution in [2.75, 3.05) is 6.54 Å². The van der Waals surface area contributed by atoms with Gasteiger partial charge in [-0.2, -0.15) is 0 Å². The monoisotopic (exact) mass is 478 g/mol. The lowest BCUT2D eigenvalue weighted by atomic mass is 9.96. The van der Waals surface area contributed by atoms with Gasteiger partial charge in [-0.25, -0.2) is 5.48 Å². The Kier molecular flexibility index (Phi) is 12.0. The molecule has 188 valence electrons. The number of hydrogen-bond acceptors (Lipinski definition) is 5. The number of carbonyl (C=O) groups excluding carboxylic acids is 2. The molecule has 0 unspecified atom stereocenters. The highest BCUT2D eigenvalue weighted by Crippen LogP contribution is 2.17. The van der Waals surface area contributed by atoms with Crippen molar-refractivity contribution in [3.63, 3.8) is 0 Å². The fourth-order valence-corrected chi connectivity index (χ4v) is 4.03. The van der Waals surface area contributed by atoms with E-state index in [1.54, 1.807) is 24.3 Å². The van der Waals surface area contributed by atoms with E-state index in [-0.39, 0.29) is 14.0 Å². The van der Waals surface area contributed by atoms with Crippen molar-refractivity contribution in [3.05, 3.63) is 70.8 Å². The van der Waals surface area contributed by atoms with Gasteiger partial charge in [0.05, 0.1) is 0 Å². The van der Waals surface area contributed by atoms with Crippen LogP contribution in [0.2, 0.25) is 0 Å². The van der Waals surface area contributed by atoms with Crippen molar-refractivity contribution in [2.24, 2.45) is 5.73 Å². The Hall–Kier alpha value is -3.18. The first-order valence-electron chi connectivity index (χ1n) is 12.0. The van der Waals surface area contributed by atoms with Crippen LogP contribution in [0, 0.1) is 11.8 Å². The van der Waals surface area contributed by atoms with E-state index in [0.717, 1.165) is 17.7 Å². The molecular formula is C28H38N4O3. The van der Waals surface area contributed by atoms with Crippen LogP contribution in [0.1, 0.15) is 79.4 Å². The first kappa shape index (κ1) is 28.1. The molecule has 1 aliphatic rings. The summed E-state index contributed by atoms with van der Waals surface area (Å²) in [5, 5.41) is 14.9. The third-order valence-corrected chi connectivity index (χ3v) is 6.12. The van der Waals surface area contributed by atoms with Gasteiger partial charge in [0.2, 0.25) is 0 Å². The molecule has 0 aliphatic heterocycles. The van der Waals surface area contributed by atoms with Crippen molar-refractivity contribution in [3.8, 4) is 11.8 Å². The predicted octanol–water partition coefficient (Wildman–Crippen LogP) is 3.49. The van der Waals surface area contributed by atoms with Gasteiger partial charge in [-0.3, -0.25) is 14.8 Å². The quantitative estimate of drug-likeness (QED) is 0.237. The molecule has 35 heavy (non-hydrogen) atoms. The van der Waals surface area contributed by atoms with E-state index in [4.69, 9.17) is 10.9 Å². The van der Waals surface area contributed by atoms with E-state index in [1.165, 1.54) is 56.0 Å². The van der Waals surface area contributed by atoms with Crippen molar-refractivity contribution in [1.82, 2.24) is 16.1 Å². The lowest BCUT2D eigenvalue weighted by Gasteiger charge is -2.21. The van der Waals surface area contributed by atoms with Gasteiger partial charge in [-0.1, -0.05) is 63.5 Å². The lowest BCUT2D eigenvalue weighted by Crippen LogP contribution is -2.50. The smallest absolute Gasteiger partial charge is 0.267 e. The number of nitrogens with two attached hydrogens (primary N) is 1. The minimum atomic E-state index is -1.01. The summed E-state index contributed by atoms with van der Waals surface area (Å²) >= 11 is 0. The second-order valence-electron chi connectivity index (χ2n) is 8.69. The molecular weight excluding hydrogens is 440 g/mol. The maximum atomic E-state index is 12.3. The van der Waals surface area contributed by atoms with E-state index in [2.05, 4.69) is 34.6 Å². The Morgan fingerprint density at radius 2 is 1.46 bits per heavy atom. The number of benzene rings is 2. The summed E-state index contributed by atoms with van der Waals surface area (Å²) in [5.74, 6) is 5.04. The van der Waals surface area contributed by atoms with Crippen LogP contribution in [0.3, 0.4) is 0 Å². The van der Waals surface area contributed by atoms with Gasteiger partial charge in [0.1, 0.15) is 6.04 Å². The molecule has 7 nitrogen and oxygen atoms in total. The van der Waals surface area contributed by atoms with Crippen molar-refractivity contribution >= 4 is 11.8 Å². The van der Waals surface area contributed by atoms with Gasteiger partial charge in [0, 0.05) is 35.8 Å². The van der Waals surface area contributed by atoms with E-state index >= 15 is 0 Å². The molecule has 1 saturated carbocycles. The SMILES string of the molecule is C.NC[C@H](NC(=O)c1ccc(C#Cc2ccc(CNC3CCCCCCC3)cc2)cc1)C(=O)NO. The van der Waals surface area contributed by atoms with E-state index in [0.29, 0.717) is 11.6 Å². The molecule has 2 aromatic rings. The normalized spacial score (nSPS) is 14.8. The summed E-state index contributed by atoms with van der Waals surface area (Å²) in [4.78, 5) is 23.7. The second kappa shape index (κ2) is 14.9. The molecule has 6 N–H and O–H groups in total. The second-order valence-corrected chi connectivity index (χ2v) is 8.69. The first-order chi connectivity index (χ1) is 16.6. The fourth-order valence-electron chi connectivity index (χ4n) is 4.03. The van der Waals surface area contributed by atoms with Gasteiger partial charge in [0.15, 0.2) is 0 Å². The molecule has 0 radical (unpaired) electrons. The predicted molar refractivity (Wildman–Crippen MR) is 139 cm³/mol. The Morgan fingerprint density at radius 3 is 2.00 bits per heavy atom. The van der Waals surface area contributed by atoms with Crippen LogP contribution >= 0.6 is 0 Å². The molecule has 2 amide bonds. The third kappa shape index (κ3) is 9.18. The molecule has 0 heterocycles. The molecule has 0 bridgehead atoms. The number of carbonyl (C=O) groups is 2. The molecule has 1 aliphatic carbocycles. The van der Waals surface area contributed by atoms with Crippen molar-refractivity contribution in [2.45, 2.75) is 71.0 Å². The number of rotatable bonds is 7. The Morgan fingerprint density at radius 1 is 0.914 bits per heavy atom. The fraction of sp³-hybridized carbons (Fsp3) is 0.429. The number of hydroxylamine groups is 1. The zero-order valence-electron chi connectivity index (χ0n) is 19.5. The van der Waals surface area contributed by atoms with Crippen molar-refractivity contribution in [1.29, 1.82) is 0 Å². The summed E-state index contributed by atoms with van der Waals surface area (Å²) in [7, 11) is 0. The van der Waals surface area contributed by atoms with Gasteiger partial charge < -0.3 is 16.4 Å². The van der Waals surface area contributed by atoms with Gasteiger partial charge >= 0.3 is 0 Å². The average molecular weight is 479 g/mol. The third-order valence-electron chi connectivity index (χ3n) is 6.12. The lowest BCUT2D eigenvalue weighted by molar-refractivity contribution is -0.130. The highest BCUT2D eigenvalue weighted by Gasteiger charge is 2.19. The number of amides is 2. The minimum absolute atomic E-state index is 0. The number of nitrogens with one attached hydrogen (secondary N) is 3. The Bertz CT molecular complexity index is 986. The first-order valence-corrected chi connectivity index (χ1v) is 12.0. The maximum Gasteiger partial charge on any atom is 0.267 e. The van der Waals surface area contributed by atoms with E-state index in [1.807, 2.05) is 12.1 Å².